The monoisotopic (exact) mass is 259 g/mol. The van der Waals surface area contributed by atoms with E-state index in [1.54, 1.807) is 6.07 Å². The van der Waals surface area contributed by atoms with Crippen LogP contribution >= 0.6 is 0 Å². The number of aromatic nitrogens is 1. The van der Waals surface area contributed by atoms with Crippen LogP contribution in [0.4, 0.5) is 4.39 Å². The summed E-state index contributed by atoms with van der Waals surface area (Å²) in [5, 5.41) is 8.22. The Bertz CT molecular complexity index is 626. The predicted molar refractivity (Wildman–Crippen MR) is 73.7 cm³/mol. The summed E-state index contributed by atoms with van der Waals surface area (Å²) in [6.45, 7) is 3.01. The summed E-state index contributed by atoms with van der Waals surface area (Å²) in [7, 11) is 0. The molecule has 1 aromatic carbocycles. The average molecular weight is 259 g/mol. The number of rotatable bonds is 0. The second-order valence-corrected chi connectivity index (χ2v) is 5.71. The molecular weight excluding hydrogens is 241 g/mol. The minimum atomic E-state index is -0.149. The lowest BCUT2D eigenvalue weighted by molar-refractivity contribution is 0.235. The van der Waals surface area contributed by atoms with Gasteiger partial charge in [0.1, 0.15) is 5.82 Å². The molecule has 1 atom stereocenters. The second-order valence-electron chi connectivity index (χ2n) is 5.71. The van der Waals surface area contributed by atoms with Crippen LogP contribution in [0.3, 0.4) is 0 Å². The number of hydrogen-bond donors (Lipinski definition) is 3. The Hall–Kier alpha value is -1.39. The molecular formula is C15H18FN3. The van der Waals surface area contributed by atoms with Gasteiger partial charge in [-0.2, -0.15) is 0 Å². The van der Waals surface area contributed by atoms with Gasteiger partial charge in [-0.15, -0.1) is 0 Å². The zero-order chi connectivity index (χ0) is 12.9. The fourth-order valence-electron chi connectivity index (χ4n) is 3.67. The van der Waals surface area contributed by atoms with Gasteiger partial charge in [0.2, 0.25) is 0 Å². The maximum absolute atomic E-state index is 13.5. The van der Waals surface area contributed by atoms with Gasteiger partial charge in [0.15, 0.2) is 0 Å². The molecule has 0 saturated carbocycles. The maximum Gasteiger partial charge on any atom is 0.123 e. The Balaban J connectivity index is 1.93. The fraction of sp³-hybridized carbons (Fsp3) is 0.467. The van der Waals surface area contributed by atoms with Gasteiger partial charge in [0, 0.05) is 29.7 Å². The van der Waals surface area contributed by atoms with Crippen molar-refractivity contribution in [3.05, 3.63) is 35.3 Å². The van der Waals surface area contributed by atoms with Crippen molar-refractivity contribution in [3.8, 4) is 0 Å². The van der Waals surface area contributed by atoms with E-state index in [-0.39, 0.29) is 11.4 Å². The Labute approximate surface area is 111 Å². The van der Waals surface area contributed by atoms with Crippen molar-refractivity contribution in [2.75, 3.05) is 19.6 Å². The van der Waals surface area contributed by atoms with Crippen LogP contribution in [0, 0.1) is 5.82 Å². The highest BCUT2D eigenvalue weighted by atomic mass is 19.1. The molecule has 2 aliphatic heterocycles. The minimum absolute atomic E-state index is 0.0152. The second kappa shape index (κ2) is 4.05. The van der Waals surface area contributed by atoms with Crippen LogP contribution in [0.2, 0.25) is 0 Å². The highest BCUT2D eigenvalue weighted by Gasteiger charge is 2.39. The van der Waals surface area contributed by atoms with Crippen molar-refractivity contribution >= 4 is 10.9 Å². The molecule has 19 heavy (non-hydrogen) atoms. The predicted octanol–water partition coefficient (Wildman–Crippen LogP) is 2.03. The first-order chi connectivity index (χ1) is 9.28. The molecule has 1 saturated heterocycles. The smallest absolute Gasteiger partial charge is 0.123 e. The number of hydrogen-bond acceptors (Lipinski definition) is 2. The van der Waals surface area contributed by atoms with Gasteiger partial charge in [0.05, 0.1) is 5.54 Å². The third-order valence-electron chi connectivity index (χ3n) is 4.57. The summed E-state index contributed by atoms with van der Waals surface area (Å²) in [6, 6.07) is 5.05. The molecule has 2 aliphatic rings. The van der Waals surface area contributed by atoms with Gasteiger partial charge in [-0.1, -0.05) is 0 Å². The van der Waals surface area contributed by atoms with Crippen LogP contribution in [0.25, 0.3) is 10.9 Å². The van der Waals surface area contributed by atoms with Crippen molar-refractivity contribution in [3.63, 3.8) is 0 Å². The van der Waals surface area contributed by atoms with E-state index in [9.17, 15) is 4.39 Å². The van der Waals surface area contributed by atoms with Gasteiger partial charge >= 0.3 is 0 Å². The van der Waals surface area contributed by atoms with Gasteiger partial charge in [-0.05, 0) is 49.6 Å². The maximum atomic E-state index is 13.5. The van der Waals surface area contributed by atoms with E-state index in [4.69, 9.17) is 0 Å². The van der Waals surface area contributed by atoms with Crippen LogP contribution in [-0.2, 0) is 12.0 Å². The molecule has 1 spiro atoms. The molecule has 4 heteroatoms. The zero-order valence-corrected chi connectivity index (χ0v) is 10.9. The number of halogens is 1. The lowest BCUT2D eigenvalue weighted by Gasteiger charge is -2.41. The minimum Gasteiger partial charge on any atom is -0.357 e. The molecule has 3 N–H and O–H groups in total. The Morgan fingerprint density at radius 2 is 2.16 bits per heavy atom. The third kappa shape index (κ3) is 1.63. The number of benzene rings is 1. The molecule has 1 aromatic heterocycles. The Morgan fingerprint density at radius 3 is 3.00 bits per heavy atom. The molecule has 0 amide bonds. The highest BCUT2D eigenvalue weighted by molar-refractivity contribution is 5.85. The van der Waals surface area contributed by atoms with Crippen LogP contribution in [0.5, 0.6) is 0 Å². The van der Waals surface area contributed by atoms with Crippen LogP contribution in [0.1, 0.15) is 24.1 Å². The van der Waals surface area contributed by atoms with E-state index in [2.05, 4.69) is 15.6 Å². The van der Waals surface area contributed by atoms with Crippen LogP contribution in [-0.4, -0.2) is 24.6 Å². The summed E-state index contributed by atoms with van der Waals surface area (Å²) in [6.07, 6.45) is 3.29. The van der Waals surface area contributed by atoms with Crippen molar-refractivity contribution in [1.82, 2.24) is 15.6 Å². The molecule has 1 fully saturated rings. The molecule has 0 radical (unpaired) electrons. The van der Waals surface area contributed by atoms with Gasteiger partial charge in [-0.3, -0.25) is 0 Å². The number of nitrogens with one attached hydrogen (secondary N) is 3. The normalized spacial score (nSPS) is 26.8. The molecule has 1 unspecified atom stereocenters. The summed E-state index contributed by atoms with van der Waals surface area (Å²) < 4.78 is 13.5. The van der Waals surface area contributed by atoms with Gasteiger partial charge in [0.25, 0.3) is 0 Å². The Kier molecular flexibility index (Phi) is 2.44. The molecule has 3 nitrogen and oxygen atoms in total. The van der Waals surface area contributed by atoms with E-state index in [0.717, 1.165) is 43.4 Å². The molecule has 2 aromatic rings. The first-order valence-corrected chi connectivity index (χ1v) is 7.05. The van der Waals surface area contributed by atoms with E-state index in [0.29, 0.717) is 0 Å². The quantitative estimate of drug-likeness (QED) is 0.677. The number of piperidine rings is 1. The first kappa shape index (κ1) is 11.4. The summed E-state index contributed by atoms with van der Waals surface area (Å²) >= 11 is 0. The summed E-state index contributed by atoms with van der Waals surface area (Å²) in [5.74, 6) is -0.149. The summed E-state index contributed by atoms with van der Waals surface area (Å²) in [5.41, 5.74) is 3.64. The van der Waals surface area contributed by atoms with Crippen molar-refractivity contribution < 1.29 is 4.39 Å². The van der Waals surface area contributed by atoms with Crippen LogP contribution in [0.15, 0.2) is 18.2 Å². The van der Waals surface area contributed by atoms with Crippen molar-refractivity contribution in [2.24, 2.45) is 0 Å². The first-order valence-electron chi connectivity index (χ1n) is 7.05. The Morgan fingerprint density at radius 1 is 1.21 bits per heavy atom. The molecule has 0 bridgehead atoms. The molecule has 4 rings (SSSR count). The molecule has 100 valence electrons. The average Bonchev–Trinajstić information content (AvgIpc) is 2.80. The largest absolute Gasteiger partial charge is 0.357 e. The highest BCUT2D eigenvalue weighted by Crippen LogP contribution is 2.37. The van der Waals surface area contributed by atoms with E-state index in [1.807, 2.05) is 6.07 Å². The van der Waals surface area contributed by atoms with Crippen molar-refractivity contribution in [1.29, 1.82) is 0 Å². The lowest BCUT2D eigenvalue weighted by Crippen LogP contribution is -2.56. The number of aromatic amines is 1. The van der Waals surface area contributed by atoms with E-state index in [1.165, 1.54) is 23.7 Å². The van der Waals surface area contributed by atoms with Gasteiger partial charge < -0.3 is 15.6 Å². The van der Waals surface area contributed by atoms with E-state index < -0.39 is 0 Å². The standard InChI is InChI=1S/C15H18FN3/c16-10-2-3-13-12(8-10)11-4-7-18-15(14(11)19-13)5-1-6-17-9-15/h2-3,8,17-19H,1,4-7,9H2. The topological polar surface area (TPSA) is 39.9 Å². The van der Waals surface area contributed by atoms with Gasteiger partial charge in [-0.25, -0.2) is 4.39 Å². The van der Waals surface area contributed by atoms with E-state index >= 15 is 0 Å². The fourth-order valence-corrected chi connectivity index (χ4v) is 3.67. The number of H-pyrrole nitrogens is 1. The summed E-state index contributed by atoms with van der Waals surface area (Å²) in [4.78, 5) is 3.53. The SMILES string of the molecule is Fc1ccc2[nH]c3c(c2c1)CCNC31CCCNC1. The third-order valence-corrected chi connectivity index (χ3v) is 4.57. The number of fused-ring (bicyclic) bond motifs is 4. The zero-order valence-electron chi connectivity index (χ0n) is 10.9. The molecule has 3 heterocycles. The van der Waals surface area contributed by atoms with Crippen molar-refractivity contribution in [2.45, 2.75) is 24.8 Å². The molecule has 0 aliphatic carbocycles. The lowest BCUT2D eigenvalue weighted by atomic mass is 9.81. The van der Waals surface area contributed by atoms with Crippen LogP contribution < -0.4 is 10.6 Å².